The fourth-order valence-electron chi connectivity index (χ4n) is 3.64. The van der Waals surface area contributed by atoms with Gasteiger partial charge in [-0.15, -0.1) is 11.3 Å². The van der Waals surface area contributed by atoms with Gasteiger partial charge in [0.1, 0.15) is 0 Å². The van der Waals surface area contributed by atoms with Crippen LogP contribution >= 0.6 is 11.3 Å². The monoisotopic (exact) mass is 288 g/mol. The lowest BCUT2D eigenvalue weighted by atomic mass is 9.91. The van der Waals surface area contributed by atoms with E-state index in [4.69, 9.17) is 5.84 Å². The van der Waals surface area contributed by atoms with Crippen molar-refractivity contribution in [1.82, 2.24) is 5.43 Å². The van der Waals surface area contributed by atoms with Crippen molar-refractivity contribution in [3.63, 3.8) is 0 Å². The summed E-state index contributed by atoms with van der Waals surface area (Å²) in [5.74, 6) is 7.51. The number of nitrogens with one attached hydrogen (secondary N) is 1. The summed E-state index contributed by atoms with van der Waals surface area (Å²) >= 11 is 1.85. The molecule has 0 bridgehead atoms. The van der Waals surface area contributed by atoms with Crippen molar-refractivity contribution in [2.75, 3.05) is 0 Å². The largest absolute Gasteiger partial charge is 0.271 e. The first-order chi connectivity index (χ1) is 9.81. The summed E-state index contributed by atoms with van der Waals surface area (Å²) in [6.07, 6.45) is 6.42. The number of rotatable bonds is 5. The molecule has 1 fully saturated rings. The van der Waals surface area contributed by atoms with Gasteiger partial charge in [-0.3, -0.25) is 11.3 Å². The van der Waals surface area contributed by atoms with Gasteiger partial charge < -0.3 is 0 Å². The second kappa shape index (κ2) is 6.25. The predicted molar refractivity (Wildman–Crippen MR) is 87.8 cm³/mol. The van der Waals surface area contributed by atoms with E-state index in [0.29, 0.717) is 6.04 Å². The average molecular weight is 288 g/mol. The molecule has 1 aliphatic carbocycles. The quantitative estimate of drug-likeness (QED) is 0.642. The molecule has 1 aromatic carbocycles. The molecule has 1 aromatic heterocycles. The third-order valence-corrected chi connectivity index (χ3v) is 5.96. The number of benzene rings is 1. The lowest BCUT2D eigenvalue weighted by molar-refractivity contribution is 0.348. The topological polar surface area (TPSA) is 38.0 Å². The maximum atomic E-state index is 5.85. The molecule has 0 radical (unpaired) electrons. The molecule has 1 heterocycles. The molecular formula is C17H24N2S. The number of fused-ring (bicyclic) bond motifs is 1. The number of hydrogen-bond acceptors (Lipinski definition) is 3. The normalized spacial score (nSPS) is 24.3. The number of hydrazine groups is 1. The maximum absolute atomic E-state index is 5.85. The molecule has 20 heavy (non-hydrogen) atoms. The SMILES string of the molecule is CCC1CCC(C(Cc2csc3ccccc23)NN)C1. The summed E-state index contributed by atoms with van der Waals surface area (Å²) in [4.78, 5) is 0. The molecular weight excluding hydrogens is 264 g/mol. The van der Waals surface area contributed by atoms with Crippen molar-refractivity contribution in [2.24, 2.45) is 17.7 Å². The molecule has 0 saturated heterocycles. The van der Waals surface area contributed by atoms with Crippen molar-refractivity contribution in [3.05, 3.63) is 35.2 Å². The lowest BCUT2D eigenvalue weighted by Crippen LogP contribution is -2.41. The minimum Gasteiger partial charge on any atom is -0.271 e. The third kappa shape index (κ3) is 2.76. The Kier molecular flexibility index (Phi) is 4.39. The lowest BCUT2D eigenvalue weighted by Gasteiger charge is -2.23. The second-order valence-corrected chi connectivity index (χ2v) is 6.99. The third-order valence-electron chi connectivity index (χ3n) is 4.94. The minimum absolute atomic E-state index is 0.421. The standard InChI is InChI=1S/C17H24N2S/c1-2-12-7-8-13(9-12)16(19-18)10-14-11-20-17-6-4-3-5-15(14)17/h3-6,11-13,16,19H,2,7-10,18H2,1H3. The molecule has 3 atom stereocenters. The van der Waals surface area contributed by atoms with Gasteiger partial charge in [-0.05, 0) is 53.5 Å². The summed E-state index contributed by atoms with van der Waals surface area (Å²) in [5.41, 5.74) is 4.55. The van der Waals surface area contributed by atoms with Gasteiger partial charge in [-0.25, -0.2) is 0 Å². The minimum atomic E-state index is 0.421. The van der Waals surface area contributed by atoms with Crippen LogP contribution in [0.15, 0.2) is 29.6 Å². The molecule has 0 amide bonds. The molecule has 1 aliphatic rings. The molecule has 3 heteroatoms. The maximum Gasteiger partial charge on any atom is 0.0345 e. The average Bonchev–Trinajstić information content (AvgIpc) is 3.11. The van der Waals surface area contributed by atoms with Gasteiger partial charge in [-0.2, -0.15) is 0 Å². The number of hydrogen-bond donors (Lipinski definition) is 2. The van der Waals surface area contributed by atoms with E-state index in [1.807, 2.05) is 11.3 Å². The van der Waals surface area contributed by atoms with Crippen LogP contribution in [0.25, 0.3) is 10.1 Å². The molecule has 108 valence electrons. The Morgan fingerprint density at radius 3 is 2.95 bits per heavy atom. The molecule has 3 unspecified atom stereocenters. The van der Waals surface area contributed by atoms with Gasteiger partial charge in [0.05, 0.1) is 0 Å². The van der Waals surface area contributed by atoms with E-state index in [2.05, 4.69) is 42.0 Å². The van der Waals surface area contributed by atoms with Gasteiger partial charge in [0, 0.05) is 10.7 Å². The molecule has 3 N–H and O–H groups in total. The van der Waals surface area contributed by atoms with Crippen LogP contribution in [0.2, 0.25) is 0 Å². The van der Waals surface area contributed by atoms with Crippen LogP contribution in [0.1, 0.15) is 38.2 Å². The highest BCUT2D eigenvalue weighted by Crippen LogP contribution is 2.36. The van der Waals surface area contributed by atoms with Gasteiger partial charge in [0.15, 0.2) is 0 Å². The van der Waals surface area contributed by atoms with E-state index in [-0.39, 0.29) is 0 Å². The van der Waals surface area contributed by atoms with Gasteiger partial charge >= 0.3 is 0 Å². The van der Waals surface area contributed by atoms with Crippen LogP contribution in [0, 0.1) is 11.8 Å². The smallest absolute Gasteiger partial charge is 0.0345 e. The van der Waals surface area contributed by atoms with Crippen molar-refractivity contribution < 1.29 is 0 Å². The van der Waals surface area contributed by atoms with Crippen LogP contribution < -0.4 is 11.3 Å². The zero-order valence-electron chi connectivity index (χ0n) is 12.1. The molecule has 1 saturated carbocycles. The van der Waals surface area contributed by atoms with E-state index < -0.39 is 0 Å². The molecule has 3 rings (SSSR count). The summed E-state index contributed by atoms with van der Waals surface area (Å²) in [6.45, 7) is 2.31. The van der Waals surface area contributed by atoms with Crippen LogP contribution in [0.3, 0.4) is 0 Å². The van der Waals surface area contributed by atoms with Gasteiger partial charge in [0.2, 0.25) is 0 Å². The summed E-state index contributed by atoms with van der Waals surface area (Å²) < 4.78 is 1.39. The van der Waals surface area contributed by atoms with Crippen LogP contribution in [0.5, 0.6) is 0 Å². The van der Waals surface area contributed by atoms with Gasteiger partial charge in [-0.1, -0.05) is 38.0 Å². The van der Waals surface area contributed by atoms with Crippen molar-refractivity contribution in [1.29, 1.82) is 0 Å². The summed E-state index contributed by atoms with van der Waals surface area (Å²) in [7, 11) is 0. The number of thiophene rings is 1. The van der Waals surface area contributed by atoms with Crippen molar-refractivity contribution >= 4 is 21.4 Å². The van der Waals surface area contributed by atoms with Crippen LogP contribution in [0.4, 0.5) is 0 Å². The summed E-state index contributed by atoms with van der Waals surface area (Å²) in [6, 6.07) is 9.11. The predicted octanol–water partition coefficient (Wildman–Crippen LogP) is 4.10. The van der Waals surface area contributed by atoms with Crippen LogP contribution in [-0.4, -0.2) is 6.04 Å². The number of nitrogens with two attached hydrogens (primary N) is 1. The van der Waals surface area contributed by atoms with E-state index in [1.54, 1.807) is 0 Å². The molecule has 0 aliphatic heterocycles. The Labute approximate surface area is 125 Å². The van der Waals surface area contributed by atoms with E-state index >= 15 is 0 Å². The molecule has 2 nitrogen and oxygen atoms in total. The first-order valence-corrected chi connectivity index (χ1v) is 8.61. The summed E-state index contributed by atoms with van der Waals surface area (Å²) in [5, 5.41) is 3.71. The van der Waals surface area contributed by atoms with Gasteiger partial charge in [0.25, 0.3) is 0 Å². The Balaban J connectivity index is 1.75. The van der Waals surface area contributed by atoms with E-state index in [9.17, 15) is 0 Å². The van der Waals surface area contributed by atoms with Crippen molar-refractivity contribution in [2.45, 2.75) is 45.1 Å². The highest BCUT2D eigenvalue weighted by molar-refractivity contribution is 7.17. The first-order valence-electron chi connectivity index (χ1n) is 7.73. The second-order valence-electron chi connectivity index (χ2n) is 6.08. The highest BCUT2D eigenvalue weighted by atomic mass is 32.1. The fourth-order valence-corrected chi connectivity index (χ4v) is 4.61. The fraction of sp³-hybridized carbons (Fsp3) is 0.529. The molecule has 2 aromatic rings. The van der Waals surface area contributed by atoms with Crippen LogP contribution in [-0.2, 0) is 6.42 Å². The van der Waals surface area contributed by atoms with E-state index in [1.165, 1.54) is 41.3 Å². The Hall–Kier alpha value is -0.900. The Morgan fingerprint density at radius 1 is 1.35 bits per heavy atom. The first kappa shape index (κ1) is 14.1. The zero-order chi connectivity index (χ0) is 13.9. The van der Waals surface area contributed by atoms with Crippen molar-refractivity contribution in [3.8, 4) is 0 Å². The Morgan fingerprint density at radius 2 is 2.20 bits per heavy atom. The zero-order valence-corrected chi connectivity index (χ0v) is 13.0. The molecule has 0 spiro atoms. The van der Waals surface area contributed by atoms with E-state index in [0.717, 1.165) is 18.3 Å². The Bertz CT molecular complexity index is 563. The highest BCUT2D eigenvalue weighted by Gasteiger charge is 2.29.